The zero-order chi connectivity index (χ0) is 6.97. The molecule has 0 amide bonds. The molecule has 10 heavy (non-hydrogen) atoms. The fraction of sp³-hybridized carbons (Fsp3) is 0. The first-order valence-corrected chi connectivity index (χ1v) is 3.71. The second-order valence-electron chi connectivity index (χ2n) is 1.97. The Balaban J connectivity index is 2.88. The van der Waals surface area contributed by atoms with Gasteiger partial charge < -0.3 is 5.11 Å². The molecule has 0 aromatic carbocycles. The first-order valence-electron chi connectivity index (χ1n) is 2.90. The topological polar surface area (TPSA) is 33.1 Å². The number of hydrogen-bond donors (Lipinski definition) is 1. The van der Waals surface area contributed by atoms with E-state index < -0.39 is 0 Å². The molecule has 2 rings (SSSR count). The summed E-state index contributed by atoms with van der Waals surface area (Å²) in [5, 5.41) is 9.36. The summed E-state index contributed by atoms with van der Waals surface area (Å²) in [6.45, 7) is 0. The molecule has 0 bridgehead atoms. The smallest absolute Gasteiger partial charge is 0.173 e. The molecule has 2 aromatic heterocycles. The Labute approximate surface area is 61.8 Å². The van der Waals surface area contributed by atoms with Crippen LogP contribution in [0.25, 0.3) is 10.2 Å². The Bertz CT molecular complexity index is 322. The van der Waals surface area contributed by atoms with Gasteiger partial charge in [-0.2, -0.15) is 0 Å². The molecular formula is C7H5NOS. The van der Waals surface area contributed by atoms with Crippen LogP contribution in [0.3, 0.4) is 0 Å². The first-order chi connectivity index (χ1) is 4.86. The molecule has 2 heterocycles. The molecule has 0 aliphatic carbocycles. The molecule has 0 spiro atoms. The lowest BCUT2D eigenvalue weighted by molar-refractivity contribution is 0.491. The molecule has 0 aliphatic heterocycles. The van der Waals surface area contributed by atoms with Crippen LogP contribution >= 0.6 is 11.3 Å². The van der Waals surface area contributed by atoms with E-state index in [4.69, 9.17) is 5.11 Å². The first kappa shape index (κ1) is 5.68. The van der Waals surface area contributed by atoms with E-state index in [1.54, 1.807) is 12.3 Å². The van der Waals surface area contributed by atoms with Gasteiger partial charge in [-0.1, -0.05) is 11.3 Å². The molecular weight excluding hydrogens is 146 g/mol. The minimum absolute atomic E-state index is 0.328. The Hall–Kier alpha value is -1.09. The maximum Gasteiger partial charge on any atom is 0.173 e. The van der Waals surface area contributed by atoms with Crippen molar-refractivity contribution in [3.63, 3.8) is 0 Å². The number of aromatic nitrogens is 1. The molecule has 0 saturated carbocycles. The van der Waals surface area contributed by atoms with Crippen LogP contribution in [0.5, 0.6) is 5.06 Å². The number of hydrogen-bond acceptors (Lipinski definition) is 3. The fourth-order valence-electron chi connectivity index (χ4n) is 0.857. The highest BCUT2D eigenvalue weighted by molar-refractivity contribution is 7.20. The largest absolute Gasteiger partial charge is 0.499 e. The van der Waals surface area contributed by atoms with Crippen molar-refractivity contribution in [2.75, 3.05) is 0 Å². The van der Waals surface area contributed by atoms with Gasteiger partial charge in [0.1, 0.15) is 0 Å². The molecule has 1 N–H and O–H groups in total. The highest BCUT2D eigenvalue weighted by Crippen LogP contribution is 2.28. The van der Waals surface area contributed by atoms with Gasteiger partial charge in [-0.25, -0.2) is 0 Å². The molecule has 2 nitrogen and oxygen atoms in total. The molecule has 0 fully saturated rings. The van der Waals surface area contributed by atoms with E-state index in [-0.39, 0.29) is 0 Å². The van der Waals surface area contributed by atoms with Crippen LogP contribution in [0, 0.1) is 0 Å². The average molecular weight is 151 g/mol. The molecule has 50 valence electrons. The Morgan fingerprint density at radius 2 is 2.40 bits per heavy atom. The molecule has 0 unspecified atom stereocenters. The van der Waals surface area contributed by atoms with E-state index in [2.05, 4.69) is 4.98 Å². The quantitative estimate of drug-likeness (QED) is 0.624. The number of rotatable bonds is 0. The summed E-state index contributed by atoms with van der Waals surface area (Å²) in [7, 11) is 0. The number of nitrogens with zero attached hydrogens (tertiary/aromatic N) is 1. The highest BCUT2D eigenvalue weighted by Gasteiger charge is 1.97. The van der Waals surface area contributed by atoms with Gasteiger partial charge in [-0.15, -0.1) is 0 Å². The summed E-state index contributed by atoms with van der Waals surface area (Å²) in [4.78, 5) is 4.05. The minimum atomic E-state index is 0.328. The third-order valence-corrected chi connectivity index (χ3v) is 2.17. The number of fused-ring (bicyclic) bond motifs is 1. The van der Waals surface area contributed by atoms with E-state index in [1.807, 2.05) is 12.1 Å². The summed E-state index contributed by atoms with van der Waals surface area (Å²) >= 11 is 1.35. The van der Waals surface area contributed by atoms with Crippen molar-refractivity contribution in [2.45, 2.75) is 0 Å². The van der Waals surface area contributed by atoms with Crippen molar-refractivity contribution in [2.24, 2.45) is 0 Å². The molecule has 0 atom stereocenters. The van der Waals surface area contributed by atoms with Gasteiger partial charge in [0, 0.05) is 12.3 Å². The Kier molecular flexibility index (Phi) is 1.11. The van der Waals surface area contributed by atoms with E-state index in [1.165, 1.54) is 11.3 Å². The van der Waals surface area contributed by atoms with Crippen LogP contribution in [-0.4, -0.2) is 10.1 Å². The molecule has 2 aromatic rings. The monoisotopic (exact) mass is 151 g/mol. The van der Waals surface area contributed by atoms with Crippen LogP contribution in [-0.2, 0) is 0 Å². The van der Waals surface area contributed by atoms with E-state index >= 15 is 0 Å². The fourth-order valence-corrected chi connectivity index (χ4v) is 1.62. The van der Waals surface area contributed by atoms with Crippen molar-refractivity contribution in [1.29, 1.82) is 0 Å². The SMILES string of the molecule is Oc1cc2ncccc2s1. The second-order valence-corrected chi connectivity index (χ2v) is 3.03. The van der Waals surface area contributed by atoms with Gasteiger partial charge in [0.25, 0.3) is 0 Å². The summed E-state index contributed by atoms with van der Waals surface area (Å²) < 4.78 is 1.03. The summed E-state index contributed by atoms with van der Waals surface area (Å²) in [5.41, 5.74) is 0.866. The zero-order valence-electron chi connectivity index (χ0n) is 5.11. The van der Waals surface area contributed by atoms with Gasteiger partial charge in [0.15, 0.2) is 5.06 Å². The van der Waals surface area contributed by atoms with E-state index in [9.17, 15) is 0 Å². The van der Waals surface area contributed by atoms with Gasteiger partial charge >= 0.3 is 0 Å². The molecule has 0 saturated heterocycles. The molecule has 0 aliphatic rings. The van der Waals surface area contributed by atoms with Gasteiger partial charge in [0.05, 0.1) is 10.2 Å². The maximum absolute atomic E-state index is 9.03. The lowest BCUT2D eigenvalue weighted by Crippen LogP contribution is -1.65. The third-order valence-electron chi connectivity index (χ3n) is 1.27. The second kappa shape index (κ2) is 1.95. The van der Waals surface area contributed by atoms with Crippen LogP contribution in [0.4, 0.5) is 0 Å². The Morgan fingerprint density at radius 3 is 3.20 bits per heavy atom. The van der Waals surface area contributed by atoms with Crippen molar-refractivity contribution in [3.05, 3.63) is 24.4 Å². The van der Waals surface area contributed by atoms with E-state index in [0.717, 1.165) is 10.2 Å². The molecule has 3 heteroatoms. The van der Waals surface area contributed by atoms with Crippen LogP contribution in [0.2, 0.25) is 0 Å². The summed E-state index contributed by atoms with van der Waals surface area (Å²) in [5.74, 6) is 0. The summed E-state index contributed by atoms with van der Waals surface area (Å²) in [6, 6.07) is 5.46. The van der Waals surface area contributed by atoms with Gasteiger partial charge in [0.2, 0.25) is 0 Å². The predicted octanol–water partition coefficient (Wildman–Crippen LogP) is 2.00. The van der Waals surface area contributed by atoms with Crippen molar-refractivity contribution >= 4 is 21.6 Å². The predicted molar refractivity (Wildman–Crippen MR) is 41.3 cm³/mol. The number of thiophene rings is 1. The van der Waals surface area contributed by atoms with E-state index in [0.29, 0.717) is 5.06 Å². The standard InChI is InChI=1S/C7H5NOS/c9-7-4-5-6(10-7)2-1-3-8-5/h1-4,9H. The lowest BCUT2D eigenvalue weighted by atomic mass is 10.4. The Morgan fingerprint density at radius 1 is 1.50 bits per heavy atom. The van der Waals surface area contributed by atoms with Crippen molar-refractivity contribution in [3.8, 4) is 5.06 Å². The van der Waals surface area contributed by atoms with Crippen LogP contribution in [0.15, 0.2) is 24.4 Å². The average Bonchev–Trinajstić information content (AvgIpc) is 2.27. The van der Waals surface area contributed by atoms with Crippen molar-refractivity contribution in [1.82, 2.24) is 4.98 Å². The van der Waals surface area contributed by atoms with Gasteiger partial charge in [-0.3, -0.25) is 4.98 Å². The van der Waals surface area contributed by atoms with Crippen LogP contribution in [0.1, 0.15) is 0 Å². The van der Waals surface area contributed by atoms with Crippen molar-refractivity contribution < 1.29 is 5.11 Å². The zero-order valence-corrected chi connectivity index (χ0v) is 5.93. The highest BCUT2D eigenvalue weighted by atomic mass is 32.1. The lowest BCUT2D eigenvalue weighted by Gasteiger charge is -1.81. The molecule has 0 radical (unpaired) electrons. The maximum atomic E-state index is 9.03. The van der Waals surface area contributed by atoms with Gasteiger partial charge in [-0.05, 0) is 12.1 Å². The number of pyridine rings is 1. The number of aromatic hydroxyl groups is 1. The third kappa shape index (κ3) is 0.752. The minimum Gasteiger partial charge on any atom is -0.499 e. The summed E-state index contributed by atoms with van der Waals surface area (Å²) in [6.07, 6.45) is 1.72. The normalized spacial score (nSPS) is 10.4. The van der Waals surface area contributed by atoms with Crippen LogP contribution < -0.4 is 0 Å².